The fourth-order valence-electron chi connectivity index (χ4n) is 3.08. The Kier molecular flexibility index (Phi) is 7.22. The lowest BCUT2D eigenvalue weighted by Gasteiger charge is -2.35. The number of amides is 1. The summed E-state index contributed by atoms with van der Waals surface area (Å²) in [5.41, 5.74) is 5.86. The zero-order valence-electron chi connectivity index (χ0n) is 15.4. The van der Waals surface area contributed by atoms with E-state index in [1.54, 1.807) is 31.2 Å². The van der Waals surface area contributed by atoms with Crippen molar-refractivity contribution in [1.82, 2.24) is 16.2 Å². The van der Waals surface area contributed by atoms with E-state index in [1.807, 2.05) is 6.07 Å². The lowest BCUT2D eigenvalue weighted by atomic mass is 9.78. The molecular weight excluding hydrogens is 348 g/mol. The minimum Gasteiger partial charge on any atom is -0.481 e. The zero-order valence-corrected chi connectivity index (χ0v) is 16.2. The molecule has 7 heteroatoms. The molecule has 2 rings (SSSR count). The molecule has 0 saturated heterocycles. The van der Waals surface area contributed by atoms with Crippen LogP contribution in [0.15, 0.2) is 24.3 Å². The summed E-state index contributed by atoms with van der Waals surface area (Å²) >= 11 is 5.28. The maximum Gasteiger partial charge on any atom is 0.279 e. The van der Waals surface area contributed by atoms with E-state index in [1.165, 1.54) is 12.8 Å². The topological polar surface area (TPSA) is 86.2 Å². The third-order valence-corrected chi connectivity index (χ3v) is 5.21. The minimum atomic E-state index is -0.702. The maximum atomic E-state index is 12.1. The first kappa shape index (κ1) is 20.0. The molecule has 0 aromatic heterocycles. The Bertz CT molecular complexity index is 671. The number of nitriles is 1. The Labute approximate surface area is 160 Å². The van der Waals surface area contributed by atoms with Gasteiger partial charge in [-0.2, -0.15) is 5.26 Å². The summed E-state index contributed by atoms with van der Waals surface area (Å²) in [5.74, 6) is 1.40. The summed E-state index contributed by atoms with van der Waals surface area (Å²) in [5, 5.41) is 12.5. The van der Waals surface area contributed by atoms with E-state index < -0.39 is 6.10 Å². The van der Waals surface area contributed by atoms with Crippen molar-refractivity contribution >= 4 is 23.2 Å². The van der Waals surface area contributed by atoms with Gasteiger partial charge in [0.2, 0.25) is 0 Å². The van der Waals surface area contributed by atoms with Crippen LogP contribution < -0.4 is 20.9 Å². The second-order valence-corrected chi connectivity index (χ2v) is 7.27. The Balaban J connectivity index is 1.76. The van der Waals surface area contributed by atoms with Crippen LogP contribution in [0.3, 0.4) is 0 Å². The Hall–Kier alpha value is -2.33. The van der Waals surface area contributed by atoms with Crippen LogP contribution in [0.5, 0.6) is 5.75 Å². The highest BCUT2D eigenvalue weighted by Crippen LogP contribution is 2.29. The summed E-state index contributed by atoms with van der Waals surface area (Å²) in [6.07, 6.45) is 2.82. The molecule has 0 radical (unpaired) electrons. The number of carbonyl (C=O) groups is 1. The first-order valence-corrected chi connectivity index (χ1v) is 9.34. The van der Waals surface area contributed by atoms with Gasteiger partial charge in [0.15, 0.2) is 11.2 Å². The van der Waals surface area contributed by atoms with E-state index >= 15 is 0 Å². The fraction of sp³-hybridized carbons (Fsp3) is 0.526. The second kappa shape index (κ2) is 9.39. The van der Waals surface area contributed by atoms with Crippen LogP contribution in [-0.2, 0) is 4.79 Å². The molecule has 3 N–H and O–H groups in total. The van der Waals surface area contributed by atoms with E-state index in [2.05, 4.69) is 30.0 Å². The largest absolute Gasteiger partial charge is 0.481 e. The smallest absolute Gasteiger partial charge is 0.279 e. The summed E-state index contributed by atoms with van der Waals surface area (Å²) in [6, 6.07) is 8.96. The Morgan fingerprint density at radius 1 is 1.27 bits per heavy atom. The van der Waals surface area contributed by atoms with Crippen molar-refractivity contribution in [2.45, 2.75) is 52.2 Å². The third kappa shape index (κ3) is 5.60. The third-order valence-electron chi connectivity index (χ3n) is 4.99. The Morgan fingerprint density at radius 2 is 1.96 bits per heavy atom. The molecule has 1 aliphatic rings. The Morgan fingerprint density at radius 3 is 2.62 bits per heavy atom. The van der Waals surface area contributed by atoms with Crippen molar-refractivity contribution in [2.75, 3.05) is 0 Å². The molecule has 0 spiro atoms. The van der Waals surface area contributed by atoms with Gasteiger partial charge in [-0.1, -0.05) is 26.7 Å². The lowest BCUT2D eigenvalue weighted by molar-refractivity contribution is -0.127. The van der Waals surface area contributed by atoms with Crippen LogP contribution >= 0.6 is 12.2 Å². The van der Waals surface area contributed by atoms with Crippen LogP contribution in [-0.4, -0.2) is 23.2 Å². The second-order valence-electron chi connectivity index (χ2n) is 6.86. The van der Waals surface area contributed by atoms with E-state index in [9.17, 15) is 4.79 Å². The molecule has 0 unspecified atom stereocenters. The molecule has 1 aromatic carbocycles. The van der Waals surface area contributed by atoms with Gasteiger partial charge >= 0.3 is 0 Å². The molecule has 0 aliphatic heterocycles. The van der Waals surface area contributed by atoms with Crippen LogP contribution in [0.2, 0.25) is 0 Å². The van der Waals surface area contributed by atoms with Crippen molar-refractivity contribution in [3.63, 3.8) is 0 Å². The predicted molar refractivity (Wildman–Crippen MR) is 104 cm³/mol. The normalized spacial score (nSPS) is 23.2. The van der Waals surface area contributed by atoms with E-state index in [-0.39, 0.29) is 5.91 Å². The number of nitrogens with zero attached hydrogens (tertiary/aromatic N) is 1. The first-order valence-electron chi connectivity index (χ1n) is 8.94. The van der Waals surface area contributed by atoms with E-state index in [0.717, 1.165) is 6.42 Å². The van der Waals surface area contributed by atoms with Crippen LogP contribution in [0, 0.1) is 23.2 Å². The predicted octanol–water partition coefficient (Wildman–Crippen LogP) is 2.65. The number of hydrazine groups is 1. The molecule has 26 heavy (non-hydrogen) atoms. The number of hydrogen-bond donors (Lipinski definition) is 3. The van der Waals surface area contributed by atoms with Crippen LogP contribution in [0.4, 0.5) is 0 Å². The molecule has 1 aliphatic carbocycles. The van der Waals surface area contributed by atoms with Crippen molar-refractivity contribution in [3.05, 3.63) is 29.8 Å². The highest BCUT2D eigenvalue weighted by atomic mass is 32.1. The maximum absolute atomic E-state index is 12.1. The summed E-state index contributed by atoms with van der Waals surface area (Å²) in [4.78, 5) is 12.1. The zero-order chi connectivity index (χ0) is 19.1. The monoisotopic (exact) mass is 374 g/mol. The quantitative estimate of drug-likeness (QED) is 0.555. The number of thiocarbonyl (C=S) groups is 1. The molecule has 1 amide bonds. The van der Waals surface area contributed by atoms with Gasteiger partial charge in [-0.15, -0.1) is 0 Å². The molecule has 6 nitrogen and oxygen atoms in total. The van der Waals surface area contributed by atoms with E-state index in [0.29, 0.717) is 34.3 Å². The molecule has 140 valence electrons. The van der Waals surface area contributed by atoms with Gasteiger partial charge in [0.1, 0.15) is 5.75 Å². The van der Waals surface area contributed by atoms with Gasteiger partial charge < -0.3 is 10.1 Å². The number of benzene rings is 1. The van der Waals surface area contributed by atoms with Crippen molar-refractivity contribution in [1.29, 1.82) is 5.26 Å². The van der Waals surface area contributed by atoms with Gasteiger partial charge in [-0.25, -0.2) is 0 Å². The summed E-state index contributed by atoms with van der Waals surface area (Å²) in [7, 11) is 0. The molecule has 1 aromatic rings. The van der Waals surface area contributed by atoms with Crippen LogP contribution in [0.1, 0.15) is 45.6 Å². The molecule has 1 fully saturated rings. The molecule has 4 atom stereocenters. The average molecular weight is 375 g/mol. The standard InChI is InChI=1S/C19H26N4O2S/c1-12-5-4-6-17(13(12)2)21-19(26)23-22-18(24)14(3)25-16-9-7-15(11-20)8-10-16/h7-10,12-14,17H,4-6H2,1-3H3,(H,22,24)(H2,21,23,26)/t12-,13+,14+,17-/m0/s1. The lowest BCUT2D eigenvalue weighted by Crippen LogP contribution is -2.54. The van der Waals surface area contributed by atoms with Gasteiger partial charge in [0.05, 0.1) is 11.6 Å². The highest BCUT2D eigenvalue weighted by molar-refractivity contribution is 7.80. The minimum absolute atomic E-state index is 0.322. The van der Waals surface area contributed by atoms with Crippen molar-refractivity contribution in [3.8, 4) is 11.8 Å². The average Bonchev–Trinajstić information content (AvgIpc) is 2.64. The number of rotatable bonds is 4. The number of carbonyl (C=O) groups excluding carboxylic acids is 1. The van der Waals surface area contributed by atoms with Gasteiger partial charge in [-0.3, -0.25) is 15.6 Å². The highest BCUT2D eigenvalue weighted by Gasteiger charge is 2.27. The number of hydrogen-bond acceptors (Lipinski definition) is 4. The molecule has 0 heterocycles. The molecule has 0 bridgehead atoms. The number of ether oxygens (including phenoxy) is 1. The van der Waals surface area contributed by atoms with Crippen LogP contribution in [0.25, 0.3) is 0 Å². The number of nitrogens with one attached hydrogen (secondary N) is 3. The van der Waals surface area contributed by atoms with E-state index in [4.69, 9.17) is 22.2 Å². The molecule has 1 saturated carbocycles. The fourth-order valence-corrected chi connectivity index (χ4v) is 3.28. The summed E-state index contributed by atoms with van der Waals surface area (Å²) in [6.45, 7) is 6.14. The summed E-state index contributed by atoms with van der Waals surface area (Å²) < 4.78 is 5.56. The molecular formula is C19H26N4O2S. The SMILES string of the molecule is C[C@H]1[C@@H](NC(=S)NNC(=O)[C@@H](C)Oc2ccc(C#N)cc2)CCC[C@@H]1C. The first-order chi connectivity index (χ1) is 12.4. The van der Waals surface area contributed by atoms with Crippen molar-refractivity contribution in [2.24, 2.45) is 11.8 Å². The van der Waals surface area contributed by atoms with Gasteiger partial charge in [-0.05, 0) is 61.7 Å². The van der Waals surface area contributed by atoms with Gasteiger partial charge in [0.25, 0.3) is 5.91 Å². The van der Waals surface area contributed by atoms with Gasteiger partial charge in [0, 0.05) is 6.04 Å². The van der Waals surface area contributed by atoms with Crippen molar-refractivity contribution < 1.29 is 9.53 Å².